The SMILES string of the molecule is CC/C=C\C/C=C\C/C=C\C/C=C\C/C=C\C/C=C\C/C=C\CCCCCCCC(=O)OC(COC(=O)CCCCCCCC)COC(OCC[N+](C)(C)C)C(=O)O. The number of allylic oxidation sites excluding steroid dienone is 14. The topological polar surface area (TPSA) is 108 Å². The van der Waals surface area contributed by atoms with E-state index in [4.69, 9.17) is 18.9 Å². The summed E-state index contributed by atoms with van der Waals surface area (Å²) in [7, 11) is 5.93. The van der Waals surface area contributed by atoms with Crippen LogP contribution in [0.2, 0.25) is 0 Å². The summed E-state index contributed by atoms with van der Waals surface area (Å²) in [4.78, 5) is 36.8. The molecule has 0 aromatic rings. The number of hydrogen-bond acceptors (Lipinski definition) is 7. The van der Waals surface area contributed by atoms with Gasteiger partial charge >= 0.3 is 17.9 Å². The molecule has 58 heavy (non-hydrogen) atoms. The molecule has 0 aromatic heterocycles. The highest BCUT2D eigenvalue weighted by atomic mass is 16.7. The number of carboxylic acid groups (broad SMARTS) is 1. The van der Waals surface area contributed by atoms with Crippen molar-refractivity contribution in [1.29, 1.82) is 0 Å². The van der Waals surface area contributed by atoms with E-state index in [1.165, 1.54) is 12.8 Å². The molecule has 9 heteroatoms. The molecule has 0 bridgehead atoms. The molecule has 0 radical (unpaired) electrons. The number of quaternary nitrogens is 1. The van der Waals surface area contributed by atoms with E-state index < -0.39 is 24.3 Å². The first-order chi connectivity index (χ1) is 28.1. The number of nitrogens with zero attached hydrogens (tertiary/aromatic N) is 1. The number of carboxylic acids is 1. The van der Waals surface area contributed by atoms with Crippen molar-refractivity contribution in [3.05, 3.63) is 85.1 Å². The Labute approximate surface area is 353 Å². The van der Waals surface area contributed by atoms with Gasteiger partial charge in [0.2, 0.25) is 0 Å². The molecule has 0 heterocycles. The number of rotatable bonds is 39. The van der Waals surface area contributed by atoms with Crippen molar-refractivity contribution >= 4 is 17.9 Å². The smallest absolute Gasteiger partial charge is 0.361 e. The second-order valence-electron chi connectivity index (χ2n) is 15.6. The predicted octanol–water partition coefficient (Wildman–Crippen LogP) is 11.7. The zero-order chi connectivity index (χ0) is 42.8. The lowest BCUT2D eigenvalue weighted by molar-refractivity contribution is -0.870. The van der Waals surface area contributed by atoms with Gasteiger partial charge in [-0.1, -0.05) is 150 Å². The standard InChI is InChI=1S/C49H81NO8/c1-6-8-10-12-14-15-16-17-18-19-20-21-22-23-24-25-26-27-28-29-30-31-32-33-34-36-38-40-47(52)58-45(43-56-46(51)39-37-35-13-11-9-7-2)44-57-49(48(53)54)55-42-41-50(3,4)5/h8,10,14-15,17-18,20-21,23-24,26-27,29-30,45,49H,6-7,9,11-13,16,19,22,25,28,31-44H2,1-5H3/p+1/b10-8-,15-14-,18-17-,21-20-,24-23-,27-26-,30-29-. The highest BCUT2D eigenvalue weighted by Crippen LogP contribution is 2.12. The molecule has 0 saturated heterocycles. The zero-order valence-corrected chi connectivity index (χ0v) is 37.2. The first kappa shape index (κ1) is 54.5. The first-order valence-corrected chi connectivity index (χ1v) is 22.3. The third-order valence-electron chi connectivity index (χ3n) is 8.92. The second-order valence-corrected chi connectivity index (χ2v) is 15.6. The number of esters is 2. The van der Waals surface area contributed by atoms with Crippen LogP contribution in [0.15, 0.2) is 85.1 Å². The van der Waals surface area contributed by atoms with Gasteiger partial charge in [-0.3, -0.25) is 9.59 Å². The average molecular weight is 813 g/mol. The Morgan fingerprint density at radius 2 is 0.983 bits per heavy atom. The van der Waals surface area contributed by atoms with Gasteiger partial charge in [-0.2, -0.15) is 0 Å². The number of aliphatic carboxylic acids is 1. The Bertz CT molecular complexity index is 1220. The highest BCUT2D eigenvalue weighted by molar-refractivity contribution is 5.71. The van der Waals surface area contributed by atoms with Gasteiger partial charge < -0.3 is 28.5 Å². The van der Waals surface area contributed by atoms with Crippen LogP contribution < -0.4 is 0 Å². The fraction of sp³-hybridized carbons (Fsp3) is 0.653. The van der Waals surface area contributed by atoms with E-state index in [1.807, 2.05) is 21.1 Å². The highest BCUT2D eigenvalue weighted by Gasteiger charge is 2.25. The molecule has 0 spiro atoms. The normalized spacial score (nSPS) is 13.7. The molecular formula is C49H82NO8+. The molecule has 0 aliphatic heterocycles. The summed E-state index contributed by atoms with van der Waals surface area (Å²) in [6.45, 7) is 4.63. The third-order valence-corrected chi connectivity index (χ3v) is 8.92. The molecule has 0 fully saturated rings. The molecule has 0 rings (SSSR count). The summed E-state index contributed by atoms with van der Waals surface area (Å²) in [6.07, 6.45) is 48.2. The molecule has 2 atom stereocenters. The molecule has 0 amide bonds. The summed E-state index contributed by atoms with van der Waals surface area (Å²) in [5.74, 6) is -2.06. The summed E-state index contributed by atoms with van der Waals surface area (Å²) in [5, 5.41) is 9.59. The Morgan fingerprint density at radius 1 is 0.534 bits per heavy atom. The van der Waals surface area contributed by atoms with Crippen molar-refractivity contribution in [1.82, 2.24) is 0 Å². The molecule has 0 aromatic carbocycles. The van der Waals surface area contributed by atoms with Crippen LogP contribution in [0.4, 0.5) is 0 Å². The number of likely N-dealkylation sites (N-methyl/N-ethyl adjacent to an activating group) is 1. The minimum atomic E-state index is -1.52. The predicted molar refractivity (Wildman–Crippen MR) is 239 cm³/mol. The van der Waals surface area contributed by atoms with E-state index in [0.717, 1.165) is 103 Å². The Hall–Kier alpha value is -3.53. The molecule has 0 saturated carbocycles. The van der Waals surface area contributed by atoms with Crippen molar-refractivity contribution in [2.24, 2.45) is 0 Å². The first-order valence-electron chi connectivity index (χ1n) is 22.3. The van der Waals surface area contributed by atoms with Gasteiger partial charge in [-0.05, 0) is 70.6 Å². The van der Waals surface area contributed by atoms with Crippen LogP contribution in [-0.4, -0.2) is 87.4 Å². The van der Waals surface area contributed by atoms with Crippen LogP contribution in [0.5, 0.6) is 0 Å². The molecule has 2 unspecified atom stereocenters. The maximum Gasteiger partial charge on any atom is 0.361 e. The Morgan fingerprint density at radius 3 is 1.47 bits per heavy atom. The van der Waals surface area contributed by atoms with Crippen LogP contribution >= 0.6 is 0 Å². The van der Waals surface area contributed by atoms with Crippen LogP contribution in [0, 0.1) is 0 Å². The third kappa shape index (κ3) is 40.7. The average Bonchev–Trinajstić information content (AvgIpc) is 3.18. The fourth-order valence-corrected chi connectivity index (χ4v) is 5.46. The van der Waals surface area contributed by atoms with E-state index in [1.54, 1.807) is 0 Å². The summed E-state index contributed by atoms with van der Waals surface area (Å²) >= 11 is 0. The quantitative estimate of drug-likeness (QED) is 0.0215. The zero-order valence-electron chi connectivity index (χ0n) is 37.2. The van der Waals surface area contributed by atoms with Crippen molar-refractivity contribution in [2.75, 3.05) is 47.5 Å². The number of ether oxygens (including phenoxy) is 4. The largest absolute Gasteiger partial charge is 0.477 e. The summed E-state index contributed by atoms with van der Waals surface area (Å²) in [5.41, 5.74) is 0. The van der Waals surface area contributed by atoms with Crippen LogP contribution in [0.25, 0.3) is 0 Å². The fourth-order valence-electron chi connectivity index (χ4n) is 5.46. The van der Waals surface area contributed by atoms with Crippen molar-refractivity contribution in [3.63, 3.8) is 0 Å². The van der Waals surface area contributed by atoms with Gasteiger partial charge in [0, 0.05) is 12.8 Å². The van der Waals surface area contributed by atoms with Crippen LogP contribution in [0.3, 0.4) is 0 Å². The van der Waals surface area contributed by atoms with E-state index in [2.05, 4.69) is 98.9 Å². The number of hydrogen-bond donors (Lipinski definition) is 1. The van der Waals surface area contributed by atoms with Crippen LogP contribution in [-0.2, 0) is 33.3 Å². The molecule has 330 valence electrons. The molecule has 0 aliphatic carbocycles. The van der Waals surface area contributed by atoms with Crippen molar-refractivity contribution in [3.8, 4) is 0 Å². The Balaban J connectivity index is 4.30. The second kappa shape index (κ2) is 40.3. The van der Waals surface area contributed by atoms with Gasteiger partial charge in [0.05, 0.1) is 34.4 Å². The monoisotopic (exact) mass is 813 g/mol. The molecule has 0 aliphatic rings. The number of unbranched alkanes of at least 4 members (excludes halogenated alkanes) is 10. The van der Waals surface area contributed by atoms with Gasteiger partial charge in [0.1, 0.15) is 13.2 Å². The van der Waals surface area contributed by atoms with E-state index in [0.29, 0.717) is 23.9 Å². The van der Waals surface area contributed by atoms with E-state index in [9.17, 15) is 19.5 Å². The lowest BCUT2D eigenvalue weighted by Crippen LogP contribution is -2.40. The minimum absolute atomic E-state index is 0.179. The minimum Gasteiger partial charge on any atom is -0.477 e. The van der Waals surface area contributed by atoms with Gasteiger partial charge in [-0.15, -0.1) is 0 Å². The number of carbonyl (C=O) groups is 3. The maximum atomic E-state index is 12.7. The lowest BCUT2D eigenvalue weighted by Gasteiger charge is -2.25. The number of carbonyl (C=O) groups excluding carboxylic acids is 2. The summed E-state index contributed by atoms with van der Waals surface area (Å²) in [6, 6.07) is 0. The van der Waals surface area contributed by atoms with Gasteiger partial charge in [0.15, 0.2) is 6.10 Å². The van der Waals surface area contributed by atoms with Crippen LogP contribution in [0.1, 0.15) is 149 Å². The molecule has 9 nitrogen and oxygen atoms in total. The van der Waals surface area contributed by atoms with E-state index in [-0.39, 0.29) is 32.2 Å². The van der Waals surface area contributed by atoms with Gasteiger partial charge in [-0.25, -0.2) is 4.79 Å². The lowest BCUT2D eigenvalue weighted by atomic mass is 10.1. The van der Waals surface area contributed by atoms with E-state index >= 15 is 0 Å². The summed E-state index contributed by atoms with van der Waals surface area (Å²) < 4.78 is 22.6. The maximum absolute atomic E-state index is 12.7. The Kier molecular flexibility index (Phi) is 37.8. The van der Waals surface area contributed by atoms with Crippen molar-refractivity contribution < 1.29 is 42.9 Å². The van der Waals surface area contributed by atoms with Crippen molar-refractivity contribution in [2.45, 2.75) is 161 Å². The van der Waals surface area contributed by atoms with Gasteiger partial charge in [0.25, 0.3) is 6.29 Å². The molecule has 1 N–H and O–H groups in total. The molecular weight excluding hydrogens is 731 g/mol.